The molecular weight excluding hydrogens is 204 g/mol. The number of rotatable bonds is 2. The zero-order valence-electron chi connectivity index (χ0n) is 9.99. The third-order valence-electron chi connectivity index (χ3n) is 2.75. The quantitative estimate of drug-likeness (QED) is 0.782. The molecule has 2 rings (SSSR count). The maximum atomic E-state index is 11.5. The van der Waals surface area contributed by atoms with E-state index < -0.39 is 5.60 Å². The van der Waals surface area contributed by atoms with E-state index in [0.29, 0.717) is 12.0 Å². The molecule has 3 nitrogen and oxygen atoms in total. The molecular formula is C13H18O3. The summed E-state index contributed by atoms with van der Waals surface area (Å²) < 4.78 is 5.23. The predicted octanol–water partition coefficient (Wildman–Crippen LogP) is 2.48. The molecule has 1 N–H and O–H groups in total. The van der Waals surface area contributed by atoms with E-state index in [1.807, 2.05) is 32.9 Å². The molecule has 0 bridgehead atoms. The number of esters is 1. The molecule has 1 heterocycles. The molecule has 0 saturated heterocycles. The van der Waals surface area contributed by atoms with E-state index in [0.717, 1.165) is 5.56 Å². The van der Waals surface area contributed by atoms with E-state index in [4.69, 9.17) is 4.74 Å². The van der Waals surface area contributed by atoms with Crippen LogP contribution in [0.1, 0.15) is 43.1 Å². The van der Waals surface area contributed by atoms with Gasteiger partial charge in [0.2, 0.25) is 0 Å². The third kappa shape index (κ3) is 1.83. The number of benzene rings is 1. The number of ether oxygens (including phenoxy) is 1. The molecule has 0 aromatic heterocycles. The zero-order chi connectivity index (χ0) is 12.2. The molecule has 1 aromatic carbocycles. The highest BCUT2D eigenvalue weighted by molar-refractivity contribution is 5.94. The lowest BCUT2D eigenvalue weighted by Gasteiger charge is -2.24. The fourth-order valence-corrected chi connectivity index (χ4v) is 1.84. The number of fused-ring (bicyclic) bond motifs is 1. The van der Waals surface area contributed by atoms with E-state index in [-0.39, 0.29) is 12.6 Å². The first kappa shape index (κ1) is 12.7. The molecule has 0 aliphatic carbocycles. The molecule has 88 valence electrons. The van der Waals surface area contributed by atoms with Gasteiger partial charge in [0.15, 0.2) is 5.60 Å². The van der Waals surface area contributed by atoms with Gasteiger partial charge in [-0.2, -0.15) is 0 Å². The van der Waals surface area contributed by atoms with E-state index in [9.17, 15) is 9.90 Å². The van der Waals surface area contributed by atoms with E-state index >= 15 is 0 Å². The highest BCUT2D eigenvalue weighted by Gasteiger charge is 2.43. The molecule has 0 amide bonds. The Morgan fingerprint density at radius 3 is 2.50 bits per heavy atom. The number of aliphatic hydroxyl groups is 1. The highest BCUT2D eigenvalue weighted by Crippen LogP contribution is 2.38. The van der Waals surface area contributed by atoms with Gasteiger partial charge in [0.25, 0.3) is 0 Å². The first-order chi connectivity index (χ1) is 7.73. The number of hydrogen-bond acceptors (Lipinski definition) is 3. The average Bonchev–Trinajstić information content (AvgIpc) is 2.66. The molecule has 1 aromatic rings. The van der Waals surface area contributed by atoms with Crippen LogP contribution in [0.5, 0.6) is 0 Å². The van der Waals surface area contributed by atoms with Crippen molar-refractivity contribution in [2.45, 2.75) is 32.8 Å². The molecule has 1 atom stereocenters. The summed E-state index contributed by atoms with van der Waals surface area (Å²) in [6.07, 6.45) is 0.590. The lowest BCUT2D eigenvalue weighted by Crippen LogP contribution is -2.29. The molecule has 0 fully saturated rings. The molecule has 0 saturated carbocycles. The van der Waals surface area contributed by atoms with Crippen LogP contribution in [0.3, 0.4) is 0 Å². The Kier molecular flexibility index (Phi) is 4.07. The van der Waals surface area contributed by atoms with Crippen LogP contribution in [0.2, 0.25) is 0 Å². The second-order valence-corrected chi connectivity index (χ2v) is 3.44. The monoisotopic (exact) mass is 222 g/mol. The molecule has 1 aliphatic rings. The molecule has 3 heteroatoms. The summed E-state index contributed by atoms with van der Waals surface area (Å²) in [5, 5.41) is 9.30. The molecule has 0 radical (unpaired) electrons. The summed E-state index contributed by atoms with van der Waals surface area (Å²) in [6.45, 7) is 5.73. The van der Waals surface area contributed by atoms with Crippen molar-refractivity contribution in [2.75, 3.05) is 6.61 Å². The fourth-order valence-electron chi connectivity index (χ4n) is 1.84. The van der Waals surface area contributed by atoms with E-state index in [1.165, 1.54) is 0 Å². The predicted molar refractivity (Wildman–Crippen MR) is 62.3 cm³/mol. The molecule has 0 spiro atoms. The van der Waals surface area contributed by atoms with Crippen LogP contribution in [0, 0.1) is 0 Å². The van der Waals surface area contributed by atoms with Gasteiger partial charge >= 0.3 is 5.97 Å². The number of aliphatic hydroxyl groups excluding tert-OH is 1. The van der Waals surface area contributed by atoms with Crippen molar-refractivity contribution in [1.29, 1.82) is 0 Å². The lowest BCUT2D eigenvalue weighted by molar-refractivity contribution is -0.0408. The minimum atomic E-state index is -0.812. The normalized spacial score (nSPS) is 21.9. The van der Waals surface area contributed by atoms with Crippen LogP contribution < -0.4 is 0 Å². The summed E-state index contributed by atoms with van der Waals surface area (Å²) in [6, 6.07) is 7.20. The van der Waals surface area contributed by atoms with E-state index in [1.54, 1.807) is 12.1 Å². The van der Waals surface area contributed by atoms with Crippen molar-refractivity contribution >= 4 is 5.97 Å². The Bertz CT molecular complexity index is 367. The standard InChI is InChI=1S/C11H12O3.C2H6/c1-2-11(7-12)9-6-4-3-5-8(9)10(13)14-11;1-2/h3-6,12H,2,7H2,1H3;1-2H3. The number of carbonyl (C=O) groups excluding carboxylic acids is 1. The van der Waals surface area contributed by atoms with Gasteiger partial charge in [-0.05, 0) is 12.5 Å². The summed E-state index contributed by atoms with van der Waals surface area (Å²) in [5.41, 5.74) is 0.562. The van der Waals surface area contributed by atoms with Crippen LogP contribution in [-0.4, -0.2) is 17.7 Å². The van der Waals surface area contributed by atoms with E-state index in [2.05, 4.69) is 0 Å². The Morgan fingerprint density at radius 1 is 1.31 bits per heavy atom. The number of cyclic esters (lactones) is 1. The van der Waals surface area contributed by atoms with Gasteiger partial charge in [-0.1, -0.05) is 39.0 Å². The number of hydrogen-bond donors (Lipinski definition) is 1. The summed E-state index contributed by atoms with van der Waals surface area (Å²) in [7, 11) is 0. The van der Waals surface area contributed by atoms with Gasteiger partial charge in [-0.3, -0.25) is 0 Å². The zero-order valence-corrected chi connectivity index (χ0v) is 9.99. The van der Waals surface area contributed by atoms with Gasteiger partial charge in [0, 0.05) is 5.56 Å². The van der Waals surface area contributed by atoms with Crippen LogP contribution in [-0.2, 0) is 10.3 Å². The Balaban J connectivity index is 0.000000606. The molecule has 16 heavy (non-hydrogen) atoms. The molecule has 1 unspecified atom stereocenters. The summed E-state index contributed by atoms with van der Waals surface area (Å²) in [5.74, 6) is -0.337. The Labute approximate surface area is 96.1 Å². The topological polar surface area (TPSA) is 46.5 Å². The minimum Gasteiger partial charge on any atom is -0.448 e. The van der Waals surface area contributed by atoms with Crippen LogP contribution in [0.4, 0.5) is 0 Å². The Morgan fingerprint density at radius 2 is 1.94 bits per heavy atom. The second kappa shape index (κ2) is 5.12. The Hall–Kier alpha value is -1.35. The van der Waals surface area contributed by atoms with Gasteiger partial charge in [0.05, 0.1) is 12.2 Å². The van der Waals surface area contributed by atoms with Crippen molar-refractivity contribution < 1.29 is 14.6 Å². The van der Waals surface area contributed by atoms with Crippen molar-refractivity contribution in [3.8, 4) is 0 Å². The molecule has 1 aliphatic heterocycles. The van der Waals surface area contributed by atoms with Gasteiger partial charge in [0.1, 0.15) is 0 Å². The maximum absolute atomic E-state index is 11.5. The summed E-state index contributed by atoms with van der Waals surface area (Å²) >= 11 is 0. The van der Waals surface area contributed by atoms with Gasteiger partial charge in [-0.15, -0.1) is 0 Å². The van der Waals surface area contributed by atoms with Crippen molar-refractivity contribution in [1.82, 2.24) is 0 Å². The fraction of sp³-hybridized carbons (Fsp3) is 0.462. The van der Waals surface area contributed by atoms with Crippen molar-refractivity contribution in [3.05, 3.63) is 35.4 Å². The maximum Gasteiger partial charge on any atom is 0.339 e. The smallest absolute Gasteiger partial charge is 0.339 e. The SMILES string of the molecule is CC.CCC1(CO)OC(=O)c2ccccc21. The van der Waals surface area contributed by atoms with Crippen LogP contribution in [0.15, 0.2) is 24.3 Å². The van der Waals surface area contributed by atoms with Crippen LogP contribution in [0.25, 0.3) is 0 Å². The van der Waals surface area contributed by atoms with Gasteiger partial charge in [-0.25, -0.2) is 4.79 Å². The number of carbonyl (C=O) groups is 1. The van der Waals surface area contributed by atoms with Crippen molar-refractivity contribution in [3.63, 3.8) is 0 Å². The van der Waals surface area contributed by atoms with Crippen LogP contribution >= 0.6 is 0 Å². The van der Waals surface area contributed by atoms with Gasteiger partial charge < -0.3 is 9.84 Å². The largest absolute Gasteiger partial charge is 0.448 e. The highest BCUT2D eigenvalue weighted by atomic mass is 16.6. The van der Waals surface area contributed by atoms with Crippen molar-refractivity contribution in [2.24, 2.45) is 0 Å². The first-order valence-electron chi connectivity index (χ1n) is 5.67. The average molecular weight is 222 g/mol. The third-order valence-corrected chi connectivity index (χ3v) is 2.75. The second-order valence-electron chi connectivity index (χ2n) is 3.44. The first-order valence-corrected chi connectivity index (χ1v) is 5.67. The lowest BCUT2D eigenvalue weighted by atomic mass is 9.91. The summed E-state index contributed by atoms with van der Waals surface area (Å²) in [4.78, 5) is 11.5. The minimum absolute atomic E-state index is 0.160.